The van der Waals surface area contributed by atoms with Crippen molar-refractivity contribution < 1.29 is 5.11 Å². The Labute approximate surface area is 105 Å². The van der Waals surface area contributed by atoms with Crippen LogP contribution >= 0.6 is 0 Å². The SMILES string of the molecule is Cc1cc(C)c(O)c(C2(C)CCCCC2C)c1. The molecular formula is C16H24O. The first-order chi connectivity index (χ1) is 7.95. The molecule has 1 nitrogen and oxygen atoms in total. The molecule has 94 valence electrons. The summed E-state index contributed by atoms with van der Waals surface area (Å²) in [6.07, 6.45) is 5.10. The maximum Gasteiger partial charge on any atom is 0.122 e. The average Bonchev–Trinajstić information content (AvgIpc) is 2.27. The number of phenols is 1. The van der Waals surface area contributed by atoms with Crippen LogP contribution in [0.1, 0.15) is 56.2 Å². The Kier molecular flexibility index (Phi) is 3.20. The molecule has 1 aromatic rings. The number of rotatable bonds is 1. The molecule has 0 saturated heterocycles. The molecule has 0 heterocycles. The lowest BCUT2D eigenvalue weighted by molar-refractivity contribution is 0.215. The van der Waals surface area contributed by atoms with E-state index in [4.69, 9.17) is 0 Å². The van der Waals surface area contributed by atoms with Gasteiger partial charge in [0.1, 0.15) is 5.75 Å². The van der Waals surface area contributed by atoms with E-state index < -0.39 is 0 Å². The Morgan fingerprint density at radius 1 is 1.24 bits per heavy atom. The molecule has 2 atom stereocenters. The van der Waals surface area contributed by atoms with Crippen LogP contribution in [0.3, 0.4) is 0 Å². The molecule has 1 N–H and O–H groups in total. The van der Waals surface area contributed by atoms with Crippen LogP contribution in [0.5, 0.6) is 5.75 Å². The molecular weight excluding hydrogens is 208 g/mol. The molecule has 0 aliphatic heterocycles. The summed E-state index contributed by atoms with van der Waals surface area (Å²) < 4.78 is 0. The number of phenolic OH excluding ortho intramolecular Hbond substituents is 1. The zero-order chi connectivity index (χ0) is 12.6. The van der Waals surface area contributed by atoms with E-state index in [2.05, 4.69) is 32.9 Å². The van der Waals surface area contributed by atoms with Gasteiger partial charge in [0.2, 0.25) is 0 Å². The molecule has 0 spiro atoms. The molecule has 0 aromatic heterocycles. The van der Waals surface area contributed by atoms with Gasteiger partial charge in [-0.2, -0.15) is 0 Å². The molecule has 0 amide bonds. The fourth-order valence-corrected chi connectivity index (χ4v) is 3.30. The predicted octanol–water partition coefficient (Wildman–Crippen LogP) is 4.48. The van der Waals surface area contributed by atoms with Crippen molar-refractivity contribution in [1.82, 2.24) is 0 Å². The highest BCUT2D eigenvalue weighted by molar-refractivity contribution is 5.47. The third-order valence-electron chi connectivity index (χ3n) is 4.73. The van der Waals surface area contributed by atoms with E-state index >= 15 is 0 Å². The van der Waals surface area contributed by atoms with Gasteiger partial charge in [0.05, 0.1) is 0 Å². The highest BCUT2D eigenvalue weighted by Crippen LogP contribution is 2.47. The average molecular weight is 232 g/mol. The summed E-state index contributed by atoms with van der Waals surface area (Å²) in [6, 6.07) is 4.25. The molecule has 1 fully saturated rings. The van der Waals surface area contributed by atoms with Gasteiger partial charge in [-0.05, 0) is 43.6 Å². The molecule has 1 heteroatoms. The third kappa shape index (κ3) is 2.08. The Bertz CT molecular complexity index is 422. The van der Waals surface area contributed by atoms with Crippen molar-refractivity contribution in [2.75, 3.05) is 0 Å². The first kappa shape index (κ1) is 12.5. The molecule has 1 saturated carbocycles. The first-order valence-electron chi connectivity index (χ1n) is 6.76. The molecule has 1 aromatic carbocycles. The summed E-state index contributed by atoms with van der Waals surface area (Å²) in [7, 11) is 0. The quantitative estimate of drug-likeness (QED) is 0.757. The molecule has 17 heavy (non-hydrogen) atoms. The maximum atomic E-state index is 10.4. The van der Waals surface area contributed by atoms with Crippen LogP contribution in [0.15, 0.2) is 12.1 Å². The van der Waals surface area contributed by atoms with Gasteiger partial charge in [-0.15, -0.1) is 0 Å². The van der Waals surface area contributed by atoms with Crippen LogP contribution in [0.4, 0.5) is 0 Å². The van der Waals surface area contributed by atoms with E-state index in [1.807, 2.05) is 6.92 Å². The van der Waals surface area contributed by atoms with Crippen molar-refractivity contribution in [3.63, 3.8) is 0 Å². The number of aromatic hydroxyl groups is 1. The Morgan fingerprint density at radius 2 is 1.94 bits per heavy atom. The van der Waals surface area contributed by atoms with E-state index in [1.165, 1.54) is 36.8 Å². The second-order valence-electron chi connectivity index (χ2n) is 6.04. The highest BCUT2D eigenvalue weighted by Gasteiger charge is 2.37. The lowest BCUT2D eigenvalue weighted by Crippen LogP contribution is -2.33. The maximum absolute atomic E-state index is 10.4. The molecule has 2 unspecified atom stereocenters. The largest absolute Gasteiger partial charge is 0.507 e. The fourth-order valence-electron chi connectivity index (χ4n) is 3.30. The predicted molar refractivity (Wildman–Crippen MR) is 72.6 cm³/mol. The van der Waals surface area contributed by atoms with Crippen molar-refractivity contribution in [1.29, 1.82) is 0 Å². The van der Waals surface area contributed by atoms with E-state index in [0.717, 1.165) is 5.56 Å². The van der Waals surface area contributed by atoms with Gasteiger partial charge in [0.15, 0.2) is 0 Å². The van der Waals surface area contributed by atoms with Crippen molar-refractivity contribution in [2.45, 2.75) is 58.8 Å². The summed E-state index contributed by atoms with van der Waals surface area (Å²) in [6.45, 7) is 8.77. The minimum absolute atomic E-state index is 0.152. The summed E-state index contributed by atoms with van der Waals surface area (Å²) in [5.74, 6) is 1.18. The first-order valence-corrected chi connectivity index (χ1v) is 6.76. The lowest BCUT2D eigenvalue weighted by Gasteiger charge is -2.41. The Hall–Kier alpha value is -0.980. The van der Waals surface area contributed by atoms with Gasteiger partial charge in [-0.1, -0.05) is 44.4 Å². The van der Waals surface area contributed by atoms with Crippen molar-refractivity contribution in [3.05, 3.63) is 28.8 Å². The summed E-state index contributed by atoms with van der Waals surface area (Å²) in [4.78, 5) is 0. The van der Waals surface area contributed by atoms with Crippen LogP contribution in [0.2, 0.25) is 0 Å². The van der Waals surface area contributed by atoms with Gasteiger partial charge < -0.3 is 5.11 Å². The van der Waals surface area contributed by atoms with E-state index in [0.29, 0.717) is 11.7 Å². The number of aryl methyl sites for hydroxylation is 2. The van der Waals surface area contributed by atoms with Gasteiger partial charge >= 0.3 is 0 Å². The van der Waals surface area contributed by atoms with Crippen molar-refractivity contribution in [2.24, 2.45) is 5.92 Å². The van der Waals surface area contributed by atoms with Gasteiger partial charge in [-0.25, -0.2) is 0 Å². The third-order valence-corrected chi connectivity index (χ3v) is 4.73. The van der Waals surface area contributed by atoms with E-state index in [9.17, 15) is 5.11 Å². The minimum atomic E-state index is 0.152. The zero-order valence-corrected chi connectivity index (χ0v) is 11.5. The number of hydrogen-bond acceptors (Lipinski definition) is 1. The van der Waals surface area contributed by atoms with Crippen molar-refractivity contribution in [3.8, 4) is 5.75 Å². The van der Waals surface area contributed by atoms with E-state index in [1.54, 1.807) is 0 Å². The van der Waals surface area contributed by atoms with Crippen LogP contribution in [-0.2, 0) is 5.41 Å². The summed E-state index contributed by atoms with van der Waals surface area (Å²) in [5, 5.41) is 10.4. The number of benzene rings is 1. The van der Waals surface area contributed by atoms with Crippen LogP contribution in [0, 0.1) is 19.8 Å². The molecule has 0 radical (unpaired) electrons. The van der Waals surface area contributed by atoms with Crippen LogP contribution in [0.25, 0.3) is 0 Å². The lowest BCUT2D eigenvalue weighted by atomic mass is 9.64. The molecule has 1 aliphatic rings. The minimum Gasteiger partial charge on any atom is -0.507 e. The zero-order valence-electron chi connectivity index (χ0n) is 11.5. The molecule has 1 aliphatic carbocycles. The summed E-state index contributed by atoms with van der Waals surface area (Å²) >= 11 is 0. The Balaban J connectivity index is 2.51. The molecule has 0 bridgehead atoms. The van der Waals surface area contributed by atoms with Crippen LogP contribution in [-0.4, -0.2) is 5.11 Å². The van der Waals surface area contributed by atoms with Gasteiger partial charge in [-0.3, -0.25) is 0 Å². The standard InChI is InChI=1S/C16H24O/c1-11-9-12(2)15(17)14(10-11)16(4)8-6-5-7-13(16)3/h9-10,13,17H,5-8H2,1-4H3. The van der Waals surface area contributed by atoms with Gasteiger partial charge in [0.25, 0.3) is 0 Å². The van der Waals surface area contributed by atoms with Crippen molar-refractivity contribution >= 4 is 0 Å². The Morgan fingerprint density at radius 3 is 2.59 bits per heavy atom. The van der Waals surface area contributed by atoms with Gasteiger partial charge in [0, 0.05) is 5.56 Å². The topological polar surface area (TPSA) is 20.2 Å². The molecule has 2 rings (SSSR count). The highest BCUT2D eigenvalue weighted by atomic mass is 16.3. The normalized spacial score (nSPS) is 29.3. The smallest absolute Gasteiger partial charge is 0.122 e. The monoisotopic (exact) mass is 232 g/mol. The van der Waals surface area contributed by atoms with Crippen LogP contribution < -0.4 is 0 Å². The second-order valence-corrected chi connectivity index (χ2v) is 6.04. The summed E-state index contributed by atoms with van der Waals surface area (Å²) in [5.41, 5.74) is 3.59. The number of hydrogen-bond donors (Lipinski definition) is 1. The fraction of sp³-hybridized carbons (Fsp3) is 0.625. The van der Waals surface area contributed by atoms with E-state index in [-0.39, 0.29) is 5.41 Å². The second kappa shape index (κ2) is 4.36.